The van der Waals surface area contributed by atoms with Crippen LogP contribution in [0.4, 0.5) is 0 Å². The lowest BCUT2D eigenvalue weighted by atomic mass is 10.2. The monoisotopic (exact) mass is 313 g/mol. The van der Waals surface area contributed by atoms with E-state index in [4.69, 9.17) is 14.6 Å². The van der Waals surface area contributed by atoms with Crippen molar-refractivity contribution in [2.45, 2.75) is 25.4 Å². The van der Waals surface area contributed by atoms with Crippen LogP contribution in [-0.2, 0) is 9.47 Å². The van der Waals surface area contributed by atoms with Gasteiger partial charge in [0.05, 0.1) is 17.6 Å². The van der Waals surface area contributed by atoms with E-state index in [1.54, 1.807) is 0 Å². The molecule has 1 amide bonds. The molecule has 7 heteroatoms. The maximum absolute atomic E-state index is 11.8. The van der Waals surface area contributed by atoms with Crippen molar-refractivity contribution in [3.05, 3.63) is 21.9 Å². The van der Waals surface area contributed by atoms with Crippen LogP contribution in [-0.4, -0.2) is 49.5 Å². The summed E-state index contributed by atoms with van der Waals surface area (Å²) in [6.07, 6.45) is 3.10. The van der Waals surface area contributed by atoms with E-state index in [-0.39, 0.29) is 16.9 Å². The molecule has 1 unspecified atom stereocenters. The molecule has 2 rings (SSSR count). The number of carbonyl (C=O) groups is 2. The van der Waals surface area contributed by atoms with Crippen molar-refractivity contribution in [1.82, 2.24) is 5.32 Å². The van der Waals surface area contributed by atoms with E-state index < -0.39 is 5.97 Å². The van der Waals surface area contributed by atoms with Crippen molar-refractivity contribution in [3.8, 4) is 0 Å². The van der Waals surface area contributed by atoms with Crippen LogP contribution >= 0.6 is 11.3 Å². The Hall–Kier alpha value is -1.44. The summed E-state index contributed by atoms with van der Waals surface area (Å²) in [5, 5.41) is 11.5. The van der Waals surface area contributed by atoms with E-state index >= 15 is 0 Å². The molecule has 0 aliphatic carbocycles. The number of carboxylic acids is 1. The van der Waals surface area contributed by atoms with Crippen LogP contribution in [0.1, 0.15) is 38.6 Å². The summed E-state index contributed by atoms with van der Waals surface area (Å²) in [5.41, 5.74) is 0. The summed E-state index contributed by atoms with van der Waals surface area (Å²) in [6, 6.07) is 2.96. The molecule has 1 aromatic heterocycles. The van der Waals surface area contributed by atoms with Crippen LogP contribution < -0.4 is 5.32 Å². The number of rotatable bonds is 8. The van der Waals surface area contributed by atoms with E-state index in [2.05, 4.69) is 5.32 Å². The largest absolute Gasteiger partial charge is 0.477 e. The molecule has 0 spiro atoms. The Balaban J connectivity index is 1.57. The van der Waals surface area contributed by atoms with E-state index in [0.717, 1.165) is 37.2 Å². The lowest BCUT2D eigenvalue weighted by Gasteiger charge is -2.10. The van der Waals surface area contributed by atoms with Gasteiger partial charge in [0.25, 0.3) is 5.91 Å². The van der Waals surface area contributed by atoms with E-state index in [1.165, 1.54) is 12.1 Å². The van der Waals surface area contributed by atoms with Crippen molar-refractivity contribution >= 4 is 23.2 Å². The minimum absolute atomic E-state index is 0.167. The average molecular weight is 313 g/mol. The number of carboxylic acid groups (broad SMARTS) is 1. The second-order valence-electron chi connectivity index (χ2n) is 4.79. The Labute approximate surface area is 127 Å². The molecule has 0 aromatic carbocycles. The van der Waals surface area contributed by atoms with Gasteiger partial charge >= 0.3 is 5.97 Å². The van der Waals surface area contributed by atoms with Crippen LogP contribution in [0.5, 0.6) is 0 Å². The summed E-state index contributed by atoms with van der Waals surface area (Å²) >= 11 is 0.975. The molecule has 1 saturated heterocycles. The minimum atomic E-state index is -1.01. The number of amides is 1. The third-order valence-corrected chi connectivity index (χ3v) is 4.19. The van der Waals surface area contributed by atoms with Gasteiger partial charge in [-0.25, -0.2) is 4.79 Å². The first-order chi connectivity index (χ1) is 10.2. The summed E-state index contributed by atoms with van der Waals surface area (Å²) in [4.78, 5) is 23.1. The van der Waals surface area contributed by atoms with Crippen LogP contribution in [0.15, 0.2) is 12.1 Å². The maximum Gasteiger partial charge on any atom is 0.345 e. The third-order valence-electron chi connectivity index (χ3n) is 3.12. The number of thiophene rings is 1. The predicted octanol–water partition coefficient (Wildman–Crippen LogP) is 1.76. The normalized spacial score (nSPS) is 17.8. The molecule has 116 valence electrons. The summed E-state index contributed by atoms with van der Waals surface area (Å²) in [5.74, 6) is -1.26. The molecule has 2 N–H and O–H groups in total. The number of aromatic carboxylic acids is 1. The molecule has 0 saturated carbocycles. The molecular weight excluding hydrogens is 294 g/mol. The number of nitrogens with one attached hydrogen (secondary N) is 1. The highest BCUT2D eigenvalue weighted by Crippen LogP contribution is 2.16. The van der Waals surface area contributed by atoms with E-state index in [1.807, 2.05) is 0 Å². The van der Waals surface area contributed by atoms with Gasteiger partial charge in [0.2, 0.25) is 0 Å². The predicted molar refractivity (Wildman–Crippen MR) is 78.0 cm³/mol. The first-order valence-electron chi connectivity index (χ1n) is 6.97. The SMILES string of the molecule is O=C(O)c1ccc(C(=O)NCCCOCC2CCCO2)s1. The quantitative estimate of drug-likeness (QED) is 0.714. The van der Waals surface area contributed by atoms with Crippen molar-refractivity contribution < 1.29 is 24.2 Å². The highest BCUT2D eigenvalue weighted by atomic mass is 32.1. The minimum Gasteiger partial charge on any atom is -0.477 e. The van der Waals surface area contributed by atoms with Gasteiger partial charge in [-0.05, 0) is 31.4 Å². The Kier molecular flexibility index (Phi) is 6.16. The number of ether oxygens (including phenoxy) is 2. The molecule has 6 nitrogen and oxygen atoms in total. The highest BCUT2D eigenvalue weighted by Gasteiger charge is 2.15. The molecular formula is C14H19NO5S. The lowest BCUT2D eigenvalue weighted by molar-refractivity contribution is 0.0166. The van der Waals surface area contributed by atoms with Gasteiger partial charge in [0.1, 0.15) is 4.88 Å². The zero-order valence-corrected chi connectivity index (χ0v) is 12.5. The molecule has 1 atom stereocenters. The summed E-state index contributed by atoms with van der Waals surface area (Å²) in [6.45, 7) is 2.51. The number of carbonyl (C=O) groups excluding carboxylic acids is 1. The second kappa shape index (κ2) is 8.11. The van der Waals surface area contributed by atoms with Crippen molar-refractivity contribution in [2.75, 3.05) is 26.4 Å². The smallest absolute Gasteiger partial charge is 0.345 e. The standard InChI is InChI=1S/C14H19NO5S/c16-13(11-4-5-12(21-11)14(17)18)15-6-2-7-19-9-10-3-1-8-20-10/h4-5,10H,1-3,6-9H2,(H,15,16)(H,17,18). The van der Waals surface area contributed by atoms with Crippen LogP contribution in [0.2, 0.25) is 0 Å². The zero-order valence-electron chi connectivity index (χ0n) is 11.7. The fourth-order valence-corrected chi connectivity index (χ4v) is 2.79. The van der Waals surface area contributed by atoms with Crippen molar-refractivity contribution in [3.63, 3.8) is 0 Å². The molecule has 21 heavy (non-hydrogen) atoms. The summed E-state index contributed by atoms with van der Waals surface area (Å²) in [7, 11) is 0. The van der Waals surface area contributed by atoms with Gasteiger partial charge in [-0.1, -0.05) is 0 Å². The van der Waals surface area contributed by atoms with Gasteiger partial charge in [-0.2, -0.15) is 0 Å². The van der Waals surface area contributed by atoms with Gasteiger partial charge in [-0.3, -0.25) is 4.79 Å². The highest BCUT2D eigenvalue weighted by molar-refractivity contribution is 7.15. The van der Waals surface area contributed by atoms with Crippen LogP contribution in [0.3, 0.4) is 0 Å². The third kappa shape index (κ3) is 5.11. The molecule has 1 aliphatic heterocycles. The van der Waals surface area contributed by atoms with Crippen molar-refractivity contribution in [2.24, 2.45) is 0 Å². The van der Waals surface area contributed by atoms with Gasteiger partial charge in [-0.15, -0.1) is 11.3 Å². The lowest BCUT2D eigenvalue weighted by Crippen LogP contribution is -2.25. The Bertz CT molecular complexity index is 481. The first-order valence-corrected chi connectivity index (χ1v) is 7.79. The van der Waals surface area contributed by atoms with Gasteiger partial charge in [0, 0.05) is 19.8 Å². The number of hydrogen-bond donors (Lipinski definition) is 2. The fourth-order valence-electron chi connectivity index (χ4n) is 2.03. The van der Waals surface area contributed by atoms with Gasteiger partial charge < -0.3 is 19.9 Å². The van der Waals surface area contributed by atoms with Gasteiger partial charge in [0.15, 0.2) is 0 Å². The van der Waals surface area contributed by atoms with Crippen molar-refractivity contribution in [1.29, 1.82) is 0 Å². The maximum atomic E-state index is 11.8. The fraction of sp³-hybridized carbons (Fsp3) is 0.571. The Morgan fingerprint density at radius 3 is 2.90 bits per heavy atom. The Morgan fingerprint density at radius 2 is 2.24 bits per heavy atom. The number of hydrogen-bond acceptors (Lipinski definition) is 5. The van der Waals surface area contributed by atoms with E-state index in [9.17, 15) is 9.59 Å². The Morgan fingerprint density at radius 1 is 1.43 bits per heavy atom. The first kappa shape index (κ1) is 15.9. The molecule has 0 bridgehead atoms. The van der Waals surface area contributed by atoms with Crippen LogP contribution in [0.25, 0.3) is 0 Å². The molecule has 1 aliphatic rings. The second-order valence-corrected chi connectivity index (χ2v) is 5.87. The van der Waals surface area contributed by atoms with Crippen LogP contribution in [0, 0.1) is 0 Å². The van der Waals surface area contributed by atoms with E-state index in [0.29, 0.717) is 24.6 Å². The molecule has 1 fully saturated rings. The zero-order chi connectivity index (χ0) is 15.1. The topological polar surface area (TPSA) is 84.9 Å². The molecule has 1 aromatic rings. The average Bonchev–Trinajstić information content (AvgIpc) is 3.13. The molecule has 2 heterocycles. The molecule has 0 radical (unpaired) electrons. The summed E-state index contributed by atoms with van der Waals surface area (Å²) < 4.78 is 10.9.